The summed E-state index contributed by atoms with van der Waals surface area (Å²) in [6.07, 6.45) is 1.30. The van der Waals surface area contributed by atoms with Gasteiger partial charge in [-0.05, 0) is 86.3 Å². The Morgan fingerprint density at radius 3 is 1.19 bits per heavy atom. The summed E-state index contributed by atoms with van der Waals surface area (Å²) >= 11 is 0. The van der Waals surface area contributed by atoms with Crippen LogP contribution in [0.15, 0.2) is 158 Å². The van der Waals surface area contributed by atoms with Crippen LogP contribution < -0.4 is 31.2 Å². The van der Waals surface area contributed by atoms with Crippen molar-refractivity contribution in [3.05, 3.63) is 202 Å². The lowest BCUT2D eigenvalue weighted by molar-refractivity contribution is -0.413. The SMILES string of the molecule is C[C@@H]([NH3+])Cc1c[nH]c2c(OCc3ccccc3)cccc12.C[C@@H]([NH3+])Cc1c[nH]c2c(OCc3ccccc3)cccc12.Cc1ccc(C(=O)O[C@@H](C(=O)[O-])[C@@H](OC(=O)c2ccc(C)cc2)C(=O)[O-])cc1. The number of quaternary nitrogens is 2. The molecule has 0 radical (unpaired) electrons. The van der Waals surface area contributed by atoms with E-state index in [0.29, 0.717) is 25.3 Å². The molecule has 0 amide bonds. The molecule has 2 aromatic heterocycles. The summed E-state index contributed by atoms with van der Waals surface area (Å²) in [7, 11) is 0. The van der Waals surface area contributed by atoms with E-state index in [1.807, 2.05) is 60.7 Å². The molecule has 0 aliphatic rings. The van der Waals surface area contributed by atoms with Gasteiger partial charge in [-0.25, -0.2) is 9.59 Å². The summed E-state index contributed by atoms with van der Waals surface area (Å²) in [6.45, 7) is 8.98. The number of esters is 2. The maximum atomic E-state index is 12.1. The maximum absolute atomic E-state index is 12.1. The van der Waals surface area contributed by atoms with Gasteiger partial charge >= 0.3 is 11.9 Å². The summed E-state index contributed by atoms with van der Waals surface area (Å²) in [4.78, 5) is 53.7. The minimum atomic E-state index is -2.40. The molecule has 70 heavy (non-hydrogen) atoms. The van der Waals surface area contributed by atoms with Crippen LogP contribution in [0.2, 0.25) is 0 Å². The van der Waals surface area contributed by atoms with E-state index >= 15 is 0 Å². The van der Waals surface area contributed by atoms with Gasteiger partial charge in [0.05, 0.1) is 46.2 Å². The second-order valence-electron chi connectivity index (χ2n) is 17.2. The number of H-pyrrole nitrogens is 2. The number of aliphatic carboxylic acids is 2. The van der Waals surface area contributed by atoms with Crippen molar-refractivity contribution >= 4 is 45.7 Å². The monoisotopic (exact) mass is 946 g/mol. The lowest BCUT2D eigenvalue weighted by Crippen LogP contribution is -2.60. The van der Waals surface area contributed by atoms with Crippen molar-refractivity contribution < 1.29 is 59.8 Å². The first-order valence-corrected chi connectivity index (χ1v) is 22.8. The first-order valence-electron chi connectivity index (χ1n) is 22.8. The van der Waals surface area contributed by atoms with Gasteiger partial charge in [0.15, 0.2) is 12.2 Å². The minimum Gasteiger partial charge on any atom is -0.546 e. The highest BCUT2D eigenvalue weighted by Crippen LogP contribution is 2.30. The number of carboxylic acid groups (broad SMARTS) is 2. The number of fused-ring (bicyclic) bond motifs is 2. The van der Waals surface area contributed by atoms with Crippen molar-refractivity contribution in [3.8, 4) is 11.5 Å². The normalized spacial score (nSPS) is 12.5. The molecule has 0 aliphatic heterocycles. The second-order valence-corrected chi connectivity index (χ2v) is 17.2. The highest BCUT2D eigenvalue weighted by Gasteiger charge is 2.32. The van der Waals surface area contributed by atoms with Gasteiger partial charge in [0.1, 0.15) is 24.7 Å². The number of carbonyl (C=O) groups excluding carboxylic acids is 4. The number of aryl methyl sites for hydroxylation is 2. The Bertz CT molecular complexity index is 2760. The van der Waals surface area contributed by atoms with Gasteiger partial charge in [-0.1, -0.05) is 120 Å². The Kier molecular flexibility index (Phi) is 18.1. The molecule has 0 unspecified atom stereocenters. The Morgan fingerprint density at radius 1 is 0.500 bits per heavy atom. The van der Waals surface area contributed by atoms with E-state index in [1.165, 1.54) is 57.3 Å². The molecule has 14 heteroatoms. The van der Waals surface area contributed by atoms with E-state index in [0.717, 1.165) is 46.5 Å². The van der Waals surface area contributed by atoms with Crippen LogP contribution in [0.25, 0.3) is 21.8 Å². The van der Waals surface area contributed by atoms with Crippen LogP contribution >= 0.6 is 0 Å². The molecular formula is C56H58N4O10. The Balaban J connectivity index is 0.000000175. The molecule has 0 saturated heterocycles. The number of rotatable bonds is 17. The molecule has 0 aliphatic carbocycles. The van der Waals surface area contributed by atoms with Gasteiger partial charge in [0.25, 0.3) is 0 Å². The summed E-state index contributed by atoms with van der Waals surface area (Å²) < 4.78 is 21.4. The third-order valence-corrected chi connectivity index (χ3v) is 10.9. The summed E-state index contributed by atoms with van der Waals surface area (Å²) in [5.74, 6) is -4.53. The van der Waals surface area contributed by atoms with Gasteiger partial charge in [0.2, 0.25) is 0 Å². The number of hydrogen-bond donors (Lipinski definition) is 4. The third-order valence-electron chi connectivity index (χ3n) is 10.9. The zero-order chi connectivity index (χ0) is 50.2. The fourth-order valence-electron chi connectivity index (χ4n) is 7.38. The number of aromatic nitrogens is 2. The largest absolute Gasteiger partial charge is 0.546 e. The first-order chi connectivity index (χ1) is 33.7. The van der Waals surface area contributed by atoms with Gasteiger partial charge in [-0.15, -0.1) is 0 Å². The molecule has 14 nitrogen and oxygen atoms in total. The molecule has 0 fully saturated rings. The number of benzene rings is 6. The lowest BCUT2D eigenvalue weighted by Gasteiger charge is -2.28. The number of para-hydroxylation sites is 2. The van der Waals surface area contributed by atoms with Crippen molar-refractivity contribution in [2.24, 2.45) is 0 Å². The predicted molar refractivity (Wildman–Crippen MR) is 261 cm³/mol. The molecule has 0 bridgehead atoms. The first kappa shape index (κ1) is 51.2. The summed E-state index contributed by atoms with van der Waals surface area (Å²) in [5.41, 5.74) is 16.9. The van der Waals surface area contributed by atoms with Crippen molar-refractivity contribution in [2.75, 3.05) is 0 Å². The third kappa shape index (κ3) is 14.4. The Hall–Kier alpha value is -8.20. The summed E-state index contributed by atoms with van der Waals surface area (Å²) in [5, 5.41) is 25.2. The minimum absolute atomic E-state index is 0.0150. The Labute approximate surface area is 406 Å². The zero-order valence-electron chi connectivity index (χ0n) is 39.6. The van der Waals surface area contributed by atoms with E-state index in [9.17, 15) is 29.4 Å². The van der Waals surface area contributed by atoms with Crippen molar-refractivity contribution in [2.45, 2.75) is 78.0 Å². The topological polar surface area (TPSA) is 238 Å². The van der Waals surface area contributed by atoms with Crippen molar-refractivity contribution in [1.82, 2.24) is 9.97 Å². The van der Waals surface area contributed by atoms with Crippen LogP contribution in [0, 0.1) is 13.8 Å². The summed E-state index contributed by atoms with van der Waals surface area (Å²) in [6, 6.07) is 45.5. The second kappa shape index (κ2) is 24.7. The van der Waals surface area contributed by atoms with E-state index in [2.05, 4.69) is 84.1 Å². The number of nitrogens with one attached hydrogen (secondary N) is 2. The van der Waals surface area contributed by atoms with Gasteiger partial charge < -0.3 is 60.2 Å². The average molecular weight is 947 g/mol. The number of hydrogen-bond acceptors (Lipinski definition) is 10. The van der Waals surface area contributed by atoms with Crippen LogP contribution in [0.4, 0.5) is 0 Å². The highest BCUT2D eigenvalue weighted by molar-refractivity contribution is 5.95. The molecule has 8 aromatic rings. The predicted octanol–water partition coefficient (Wildman–Crippen LogP) is 5.39. The van der Waals surface area contributed by atoms with Crippen LogP contribution in [0.1, 0.15) is 67.9 Å². The van der Waals surface area contributed by atoms with Crippen LogP contribution in [-0.2, 0) is 45.1 Å². The van der Waals surface area contributed by atoms with E-state index in [1.54, 1.807) is 38.1 Å². The molecule has 8 rings (SSSR count). The molecular weight excluding hydrogens is 889 g/mol. The number of carboxylic acids is 2. The van der Waals surface area contributed by atoms with Gasteiger partial charge in [-0.3, -0.25) is 0 Å². The molecule has 362 valence electrons. The number of ether oxygens (including phenoxy) is 4. The van der Waals surface area contributed by atoms with Crippen molar-refractivity contribution in [1.29, 1.82) is 0 Å². The maximum Gasteiger partial charge on any atom is 0.338 e. The van der Waals surface area contributed by atoms with Crippen LogP contribution in [0.5, 0.6) is 11.5 Å². The van der Waals surface area contributed by atoms with Crippen molar-refractivity contribution in [3.63, 3.8) is 0 Å². The number of aromatic amines is 2. The standard InChI is InChI=1S/C20H18O8.2C18H20N2O/c1-11-3-7-13(8-4-11)19(25)27-15(17(21)22)16(18(23)24)28-20(26)14-9-5-12(2)6-10-14;2*1-13(19)10-15-11-20-18-16(15)8-5-9-17(18)21-12-14-6-3-2-4-7-14/h3-10,15-16H,1-2H3,(H,21,22)(H,23,24);2*2-9,11,13,20H,10,12,19H2,1H3/t15-,16-;2*13-/m111/s1. The molecule has 6 aromatic carbocycles. The van der Waals surface area contributed by atoms with Gasteiger partial charge in [-0.2, -0.15) is 0 Å². The van der Waals surface area contributed by atoms with Crippen LogP contribution in [-0.4, -0.2) is 58.1 Å². The average Bonchev–Trinajstić information content (AvgIpc) is 3.96. The van der Waals surface area contributed by atoms with Crippen LogP contribution in [0.3, 0.4) is 0 Å². The highest BCUT2D eigenvalue weighted by atomic mass is 16.6. The lowest BCUT2D eigenvalue weighted by atomic mass is 10.1. The fraction of sp³-hybridized carbons (Fsp3) is 0.214. The fourth-order valence-corrected chi connectivity index (χ4v) is 7.38. The Morgan fingerprint density at radius 2 is 0.857 bits per heavy atom. The van der Waals surface area contributed by atoms with E-state index in [-0.39, 0.29) is 11.1 Å². The molecule has 0 saturated carbocycles. The van der Waals surface area contributed by atoms with E-state index in [4.69, 9.17) is 18.9 Å². The molecule has 8 N–H and O–H groups in total. The zero-order valence-corrected chi connectivity index (χ0v) is 39.6. The quantitative estimate of drug-likeness (QED) is 0.0849. The number of carbonyl (C=O) groups is 4. The van der Waals surface area contributed by atoms with E-state index < -0.39 is 36.1 Å². The molecule has 2 heterocycles. The molecule has 0 spiro atoms. The van der Waals surface area contributed by atoms with Gasteiger partial charge in [0, 0.05) is 36.0 Å². The molecule has 4 atom stereocenters. The smallest absolute Gasteiger partial charge is 0.338 e.